The van der Waals surface area contributed by atoms with Gasteiger partial charge in [0.15, 0.2) is 0 Å². The van der Waals surface area contributed by atoms with Crippen LogP contribution in [0.1, 0.15) is 32.3 Å². The van der Waals surface area contributed by atoms with Gasteiger partial charge in [0, 0.05) is 18.2 Å². The summed E-state index contributed by atoms with van der Waals surface area (Å²) < 4.78 is 22.1. The van der Waals surface area contributed by atoms with Crippen molar-refractivity contribution in [1.29, 1.82) is 0 Å². The Labute approximate surface area is 218 Å². The van der Waals surface area contributed by atoms with Crippen LogP contribution >= 0.6 is 0 Å². The van der Waals surface area contributed by atoms with Gasteiger partial charge in [-0.05, 0) is 32.0 Å². The van der Waals surface area contributed by atoms with Crippen LogP contribution in [-0.2, 0) is 28.6 Å². The highest BCUT2D eigenvalue weighted by molar-refractivity contribution is 6.02. The lowest BCUT2D eigenvalue weighted by Gasteiger charge is -2.31. The van der Waals surface area contributed by atoms with Gasteiger partial charge in [0.1, 0.15) is 24.4 Å². The Bertz CT molecular complexity index is 1580. The van der Waals surface area contributed by atoms with Crippen LogP contribution in [0.5, 0.6) is 0 Å². The molecule has 0 aliphatic carbocycles. The normalized spacial score (nSPS) is 15.3. The molecule has 2 aromatic carbocycles. The molecular weight excluding hydrogens is 490 g/mol. The number of ether oxygens (including phenoxy) is 3. The van der Waals surface area contributed by atoms with Crippen LogP contribution in [0.25, 0.3) is 21.9 Å². The van der Waals surface area contributed by atoms with Crippen molar-refractivity contribution in [2.45, 2.75) is 26.7 Å². The van der Waals surface area contributed by atoms with Crippen molar-refractivity contribution in [1.82, 2.24) is 5.32 Å². The second kappa shape index (κ2) is 11.2. The first-order valence-electron chi connectivity index (χ1n) is 12.0. The van der Waals surface area contributed by atoms with E-state index in [1.165, 1.54) is 13.0 Å². The second-order valence-corrected chi connectivity index (χ2v) is 8.53. The molecule has 9 nitrogen and oxygen atoms in total. The number of nitrogens with one attached hydrogen (secondary N) is 1. The number of carbonyl (C=O) groups is 3. The van der Waals surface area contributed by atoms with Crippen molar-refractivity contribution in [2.75, 3.05) is 19.8 Å². The van der Waals surface area contributed by atoms with Crippen LogP contribution in [0.2, 0.25) is 0 Å². The molecule has 1 N–H and O–H groups in total. The predicted molar refractivity (Wildman–Crippen MR) is 140 cm³/mol. The Morgan fingerprint density at radius 1 is 1.00 bits per heavy atom. The number of esters is 3. The third-order valence-corrected chi connectivity index (χ3v) is 6.06. The van der Waals surface area contributed by atoms with Crippen LogP contribution in [-0.4, -0.2) is 37.7 Å². The summed E-state index contributed by atoms with van der Waals surface area (Å²) in [6.07, 6.45) is 1.43. The maximum Gasteiger partial charge on any atom is 0.337 e. The second-order valence-electron chi connectivity index (χ2n) is 8.53. The Morgan fingerprint density at radius 2 is 1.71 bits per heavy atom. The lowest BCUT2D eigenvalue weighted by molar-refractivity contribution is -0.142. The van der Waals surface area contributed by atoms with Gasteiger partial charge in [-0.2, -0.15) is 0 Å². The molecule has 0 amide bonds. The van der Waals surface area contributed by atoms with Crippen molar-refractivity contribution < 1.29 is 33.0 Å². The van der Waals surface area contributed by atoms with Crippen molar-refractivity contribution >= 4 is 39.8 Å². The summed E-state index contributed by atoms with van der Waals surface area (Å²) in [5.74, 6) is -3.05. The number of carbonyl (C=O) groups excluding carboxylic acids is 3. The lowest BCUT2D eigenvalue weighted by Crippen LogP contribution is -2.35. The number of hydrogen-bond donors (Lipinski definition) is 1. The molecule has 1 aromatic heterocycles. The minimum atomic E-state index is -1.06. The zero-order valence-electron chi connectivity index (χ0n) is 21.3. The largest absolute Gasteiger partial charge is 0.463 e. The highest BCUT2D eigenvalue weighted by Crippen LogP contribution is 2.42. The molecule has 196 valence electrons. The van der Waals surface area contributed by atoms with Crippen LogP contribution in [0.4, 0.5) is 0 Å². The van der Waals surface area contributed by atoms with Crippen molar-refractivity contribution in [3.05, 3.63) is 93.4 Å². The Morgan fingerprint density at radius 3 is 2.42 bits per heavy atom. The van der Waals surface area contributed by atoms with Crippen molar-refractivity contribution in [2.24, 2.45) is 0 Å². The van der Waals surface area contributed by atoms with Gasteiger partial charge in [-0.25, -0.2) is 9.59 Å². The minimum absolute atomic E-state index is 0.0348. The fourth-order valence-corrected chi connectivity index (χ4v) is 4.50. The highest BCUT2D eigenvalue weighted by atomic mass is 16.5. The van der Waals surface area contributed by atoms with Crippen molar-refractivity contribution in [3.63, 3.8) is 0 Å². The van der Waals surface area contributed by atoms with E-state index in [2.05, 4.69) is 11.9 Å². The van der Waals surface area contributed by atoms with Gasteiger partial charge in [0.05, 0.1) is 40.1 Å². The summed E-state index contributed by atoms with van der Waals surface area (Å²) in [7, 11) is 0. The van der Waals surface area contributed by atoms with Gasteiger partial charge in [-0.1, -0.05) is 36.9 Å². The number of rotatable bonds is 8. The van der Waals surface area contributed by atoms with Crippen LogP contribution < -0.4 is 10.7 Å². The molecule has 0 spiro atoms. The van der Waals surface area contributed by atoms with E-state index in [4.69, 9.17) is 18.6 Å². The van der Waals surface area contributed by atoms with E-state index in [0.29, 0.717) is 22.2 Å². The summed E-state index contributed by atoms with van der Waals surface area (Å²) in [4.78, 5) is 51.7. The fraction of sp³-hybridized carbons (Fsp3) is 0.241. The van der Waals surface area contributed by atoms with E-state index in [0.717, 1.165) is 0 Å². The maximum absolute atomic E-state index is 13.4. The zero-order chi connectivity index (χ0) is 27.4. The molecule has 1 aliphatic rings. The van der Waals surface area contributed by atoms with Crippen LogP contribution in [0.15, 0.2) is 86.9 Å². The molecule has 1 aliphatic heterocycles. The summed E-state index contributed by atoms with van der Waals surface area (Å²) >= 11 is 0. The molecule has 4 rings (SSSR count). The SMILES string of the molecule is C=CCOC(=O)C1=C(C)NC(COC(C)=O)=C(C(=O)OCC)C1c1cccc2c(=O)c3ccccc3oc12. The molecule has 0 fully saturated rings. The predicted octanol–water partition coefficient (Wildman–Crippen LogP) is 4.02. The summed E-state index contributed by atoms with van der Waals surface area (Å²) in [5.41, 5.74) is 1.44. The van der Waals surface area contributed by atoms with Crippen LogP contribution in [0, 0.1) is 0 Å². The van der Waals surface area contributed by atoms with Gasteiger partial charge in [-0.3, -0.25) is 9.59 Å². The third-order valence-electron chi connectivity index (χ3n) is 6.06. The molecule has 1 unspecified atom stereocenters. The lowest BCUT2D eigenvalue weighted by atomic mass is 9.79. The Hall–Kier alpha value is -4.66. The number of para-hydroxylation sites is 2. The molecule has 2 heterocycles. The first-order chi connectivity index (χ1) is 18.3. The van der Waals surface area contributed by atoms with E-state index in [9.17, 15) is 19.2 Å². The quantitative estimate of drug-likeness (QED) is 0.204. The van der Waals surface area contributed by atoms with Gasteiger partial charge in [0.25, 0.3) is 0 Å². The monoisotopic (exact) mass is 517 g/mol. The number of fused-ring (bicyclic) bond motifs is 2. The molecule has 0 saturated carbocycles. The number of hydrogen-bond acceptors (Lipinski definition) is 9. The summed E-state index contributed by atoms with van der Waals surface area (Å²) in [6, 6.07) is 11.8. The molecule has 3 aromatic rings. The first kappa shape index (κ1) is 26.4. The number of benzene rings is 2. The van der Waals surface area contributed by atoms with Gasteiger partial charge in [-0.15, -0.1) is 0 Å². The van der Waals surface area contributed by atoms with E-state index >= 15 is 0 Å². The summed E-state index contributed by atoms with van der Waals surface area (Å²) in [5, 5.41) is 3.70. The fourth-order valence-electron chi connectivity index (χ4n) is 4.50. The Balaban J connectivity index is 2.05. The average Bonchev–Trinajstić information content (AvgIpc) is 2.90. The van der Waals surface area contributed by atoms with E-state index in [1.807, 2.05) is 0 Å². The average molecular weight is 518 g/mol. The Kier molecular flexibility index (Phi) is 7.76. The standard InChI is InChI=1S/C29H27NO8/c1-5-14-36-28(33)23-16(3)30-21(15-37-17(4)31)25(29(34)35-6-2)24(23)19-11-9-12-20-26(32)18-10-7-8-13-22(18)38-27(19)20/h5,7-13,24,30H,1,6,14-15H2,2-4H3. The van der Waals surface area contributed by atoms with E-state index < -0.39 is 23.8 Å². The molecular formula is C29H27NO8. The molecule has 38 heavy (non-hydrogen) atoms. The smallest absolute Gasteiger partial charge is 0.337 e. The van der Waals surface area contributed by atoms with Gasteiger partial charge < -0.3 is 23.9 Å². The third kappa shape index (κ3) is 4.95. The first-order valence-corrected chi connectivity index (χ1v) is 12.0. The number of allylic oxidation sites excluding steroid dienone is 1. The minimum Gasteiger partial charge on any atom is -0.463 e. The summed E-state index contributed by atoms with van der Waals surface area (Å²) in [6.45, 7) is 7.85. The van der Waals surface area contributed by atoms with Gasteiger partial charge in [0.2, 0.25) is 5.43 Å². The van der Waals surface area contributed by atoms with Crippen LogP contribution in [0.3, 0.4) is 0 Å². The molecule has 0 bridgehead atoms. The molecule has 0 radical (unpaired) electrons. The van der Waals surface area contributed by atoms with Gasteiger partial charge >= 0.3 is 17.9 Å². The van der Waals surface area contributed by atoms with Crippen molar-refractivity contribution in [3.8, 4) is 0 Å². The molecule has 9 heteroatoms. The highest BCUT2D eigenvalue weighted by Gasteiger charge is 2.40. The maximum atomic E-state index is 13.4. The van der Waals surface area contributed by atoms with E-state index in [-0.39, 0.29) is 53.1 Å². The number of dihydropyridines is 1. The zero-order valence-corrected chi connectivity index (χ0v) is 21.3. The van der Waals surface area contributed by atoms with E-state index in [1.54, 1.807) is 56.3 Å². The molecule has 0 saturated heterocycles. The molecule has 1 atom stereocenters. The topological polar surface area (TPSA) is 121 Å².